The van der Waals surface area contributed by atoms with Gasteiger partial charge in [0.1, 0.15) is 102 Å². The summed E-state index contributed by atoms with van der Waals surface area (Å²) >= 11 is 0. The third kappa shape index (κ3) is 20.2. The van der Waals surface area contributed by atoms with E-state index in [9.17, 15) is 63.3 Å². The molecule has 36 atom stereocenters. The molecular formula is C111H135N4O28+3. The summed E-state index contributed by atoms with van der Waals surface area (Å²) in [6.07, 6.45) is 40.6. The number of allylic oxidation sites excluding steroid dienone is 9. The number of hydrogen-bond acceptors (Lipinski definition) is 28. The number of ether oxygens (including phenoxy) is 15. The van der Waals surface area contributed by atoms with Crippen molar-refractivity contribution in [3.8, 4) is 12.3 Å². The molecule has 6 fully saturated rings. The molecule has 143 heavy (non-hydrogen) atoms. The molecule has 3 N–H and O–H groups in total. The van der Waals surface area contributed by atoms with Gasteiger partial charge in [0.15, 0.2) is 55.4 Å². The van der Waals surface area contributed by atoms with Crippen molar-refractivity contribution in [1.82, 2.24) is 4.57 Å². The zero-order chi connectivity index (χ0) is 102. The highest BCUT2D eigenvalue weighted by Gasteiger charge is 2.73. The summed E-state index contributed by atoms with van der Waals surface area (Å²) in [6.45, 7) is 23.8. The molecule has 0 amide bonds. The lowest BCUT2D eigenvalue weighted by atomic mass is 9.57. The number of aliphatic hydroxyl groups excluding tert-OH is 3. The minimum absolute atomic E-state index is 0.0147. The Morgan fingerprint density at radius 2 is 0.804 bits per heavy atom. The van der Waals surface area contributed by atoms with E-state index in [0.717, 1.165) is 16.7 Å². The first-order chi connectivity index (χ1) is 68.3. The van der Waals surface area contributed by atoms with Crippen LogP contribution in [0.5, 0.6) is 0 Å². The maximum absolute atomic E-state index is 13.7. The van der Waals surface area contributed by atoms with Crippen LogP contribution in [0.15, 0.2) is 211 Å². The summed E-state index contributed by atoms with van der Waals surface area (Å²) < 4.78 is 98.9. The Balaban J connectivity index is 0.000000154. The van der Waals surface area contributed by atoms with Gasteiger partial charge in [-0.05, 0) is 104 Å². The SMILES string of the molecule is C#Cc1cc[n+](CC(=O)O[C@H](C)[C@H]2OC(=O)[C@@H](OC)CC3C=C[C@H]4[C@H]5O[C@]3(/C(C)=C/[C@H]2C)[C@@H]4[C@H](O)[C@@H](C)[C@H]5OC(=O)C2=CC=CC2)cc1.CO[C@H]1CC2C=C[C@H]3[C@H]4O[C@]2(/C(C)=C/[C@@H](C)[C@@H]([C@@H](C)OC(=O)Cn2cc[n+](C)c2)OC1=O)[C@@H]3[C@H](O)[C@@H](C)[C@H]4OC(=O)C1=CC=CC1.CO[C@H]1C[C@H]2C=C[C@H]3[C@H]4O[C@]2(/C(C)=C/[C@@H](C)[C@@H]([C@@H](C)OC(=O)C[n+]2ccc(C(C)=O)cc2)OC1=O)[C@@H]3[C@H](O)[C@@H](C)[C@H]4OC(=O)C1=CC=CC1. The Bertz CT molecular complexity index is 5810. The molecule has 9 heterocycles. The number of terminal acetylenes is 1. The molecule has 12 bridgehead atoms. The van der Waals surface area contributed by atoms with Crippen LogP contribution in [-0.4, -0.2) is 227 Å². The van der Waals surface area contributed by atoms with E-state index in [4.69, 9.17) is 77.5 Å². The molecule has 32 nitrogen and oxygen atoms in total. The van der Waals surface area contributed by atoms with Crippen molar-refractivity contribution in [2.24, 2.45) is 95.8 Å². The summed E-state index contributed by atoms with van der Waals surface area (Å²) in [6, 6.07) is 6.73. The van der Waals surface area contributed by atoms with Gasteiger partial charge in [-0.1, -0.05) is 157 Å². The van der Waals surface area contributed by atoms with Crippen LogP contribution in [0.1, 0.15) is 144 Å². The highest BCUT2D eigenvalue weighted by Crippen LogP contribution is 2.65. The van der Waals surface area contributed by atoms with Crippen molar-refractivity contribution in [3.05, 3.63) is 222 Å². The number of pyridine rings is 2. The minimum Gasteiger partial charge on any atom is -0.456 e. The van der Waals surface area contributed by atoms with Gasteiger partial charge in [-0.2, -0.15) is 9.13 Å². The number of Topliss-reactive ketones (excluding diaryl/α,β-unsaturated/α-hetero) is 1. The monoisotopic (exact) mass is 1970 g/mol. The zero-order valence-electron chi connectivity index (χ0n) is 84.1. The quantitative estimate of drug-likeness (QED) is 0.0211. The van der Waals surface area contributed by atoms with Crippen LogP contribution in [-0.2, 0) is 141 Å². The maximum Gasteiger partial charge on any atom is 0.373 e. The molecule has 32 heteroatoms. The van der Waals surface area contributed by atoms with Crippen molar-refractivity contribution in [1.29, 1.82) is 0 Å². The molecule has 2 unspecified atom stereocenters. The molecule has 18 rings (SSSR count). The van der Waals surface area contributed by atoms with Gasteiger partial charge < -0.3 is 86.4 Å². The van der Waals surface area contributed by atoms with Crippen LogP contribution in [0, 0.1) is 101 Å². The number of carbonyl (C=O) groups excluding carboxylic acids is 10. The second kappa shape index (κ2) is 43.0. The van der Waals surface area contributed by atoms with Crippen LogP contribution in [0.25, 0.3) is 0 Å². The van der Waals surface area contributed by atoms with Crippen molar-refractivity contribution in [3.63, 3.8) is 0 Å². The highest BCUT2D eigenvalue weighted by atomic mass is 16.6. The lowest BCUT2D eigenvalue weighted by molar-refractivity contribution is -0.686. The van der Waals surface area contributed by atoms with Gasteiger partial charge >= 0.3 is 53.7 Å². The number of aryl methyl sites for hydroxylation is 1. The largest absolute Gasteiger partial charge is 0.456 e. The molecule has 9 aliphatic carbocycles. The molecule has 6 aliphatic heterocycles. The Kier molecular flexibility index (Phi) is 31.4. The molecule has 3 aromatic heterocycles. The van der Waals surface area contributed by atoms with Crippen LogP contribution in [0.2, 0.25) is 0 Å². The molecule has 0 radical (unpaired) electrons. The molecule has 764 valence electrons. The van der Waals surface area contributed by atoms with Gasteiger partial charge in [0.2, 0.25) is 19.4 Å². The topological polar surface area (TPSA) is 386 Å². The standard InChI is InChI=1S/C38H46NO10.C38H44NO9.C35H45N2O9/c1-20-17-21(2)38-27(11-12-28-31(38)32(42)22(3)34(35(28)49-38)48-36(43)26-9-7-8-10-26)18-29(45-6)37(44)47-33(20)24(5)46-30(41)19-39-15-13-25(14-16-39)23(4)40;1-7-25-14-16-39(17-15-25)20-30(40)45-24(5)33-21(2)18-22(3)38-27(19-29(44-6)37(43)46-33)12-13-28-31(38)32(41)23(4)34(35(28)48-38)47-36(42)26-10-8-9-11-26;1-19-15-20(2)35-24(16-26(42-6)34(41)44-30(19)22(4)43-27(38)17-37-14-13-36(5)18-37)11-12-25-28(35)29(39)21(3)31(32(25)46-35)45-33(40)23-9-7-8-10-23/h7-9,11-17,20,22,24,27-29,31-35,42H,10,18-19H2,1-6H3;1,8-10,12-18,21,23-24,27-29,31-35,41H,11,19-20H2,2-6H3;7-9,11-15,18-19,21-22,24-26,28-32,39H,10,16-17H2,1-6H3/q3*+1/b21-17+;22-18+;20-15+/t20-,22-,24-,27-,28-,29+,31+,32-,33+,34-,35-,38+;21-,23-,24-,27?,28-,29+,31+,32-,33+,34-,35-,38+;19-,21-,22-,24?,25-,26+,28+,29-,30+,31-,32-,35+/m111/s1. The van der Waals surface area contributed by atoms with Crippen molar-refractivity contribution < 1.29 is 148 Å². The normalized spacial score (nSPS) is 38.7. The van der Waals surface area contributed by atoms with E-state index in [0.29, 0.717) is 47.1 Å². The van der Waals surface area contributed by atoms with E-state index in [-0.39, 0.29) is 110 Å². The number of aromatic nitrogens is 4. The Morgan fingerprint density at radius 1 is 0.483 bits per heavy atom. The number of hydrogen-bond donors (Lipinski definition) is 3. The number of nitrogens with zero attached hydrogens (tertiary/aromatic N) is 4. The average Bonchev–Trinajstić information content (AvgIpc) is 1.54. The van der Waals surface area contributed by atoms with Crippen molar-refractivity contribution >= 4 is 59.5 Å². The predicted molar refractivity (Wildman–Crippen MR) is 510 cm³/mol. The Labute approximate surface area is 833 Å². The summed E-state index contributed by atoms with van der Waals surface area (Å²) in [7, 11) is 6.24. The fourth-order valence-corrected chi connectivity index (χ4v) is 25.3. The number of ketones is 1. The van der Waals surface area contributed by atoms with E-state index >= 15 is 0 Å². The fourth-order valence-electron chi connectivity index (χ4n) is 25.3. The number of cyclic esters (lactones) is 3. The van der Waals surface area contributed by atoms with E-state index < -0.39 is 204 Å². The maximum atomic E-state index is 13.7. The lowest BCUT2D eigenvalue weighted by Gasteiger charge is -2.49. The first-order valence-corrected chi connectivity index (χ1v) is 49.9. The summed E-state index contributed by atoms with van der Waals surface area (Å²) in [4.78, 5) is 131. The fraction of sp³-hybridized carbons (Fsp3) is 0.559. The molecule has 3 aromatic rings. The van der Waals surface area contributed by atoms with Crippen LogP contribution < -0.4 is 13.7 Å². The summed E-state index contributed by atoms with van der Waals surface area (Å²) in [5, 5.41) is 35.8. The third-order valence-corrected chi connectivity index (χ3v) is 32.5. The summed E-state index contributed by atoms with van der Waals surface area (Å²) in [5.74, 6) is -7.06. The van der Waals surface area contributed by atoms with E-state index in [2.05, 4.69) is 12.0 Å². The van der Waals surface area contributed by atoms with Gasteiger partial charge in [0.25, 0.3) is 0 Å². The number of esters is 9. The number of rotatable bonds is 22. The molecule has 15 aliphatic rings. The Morgan fingerprint density at radius 3 is 1.09 bits per heavy atom. The third-order valence-electron chi connectivity index (χ3n) is 32.5. The Hall–Kier alpha value is -11.5. The van der Waals surface area contributed by atoms with Crippen LogP contribution >= 0.6 is 0 Å². The smallest absolute Gasteiger partial charge is 0.373 e. The second-order valence-electron chi connectivity index (χ2n) is 41.3. The highest BCUT2D eigenvalue weighted by molar-refractivity contribution is 5.94. The average molecular weight is 1970 g/mol. The summed E-state index contributed by atoms with van der Waals surface area (Å²) in [5.41, 5.74) is 2.53. The zero-order valence-corrected chi connectivity index (χ0v) is 84.1. The number of imidazole rings is 1. The minimum atomic E-state index is -1.01. The molecule has 3 saturated carbocycles. The van der Waals surface area contributed by atoms with Gasteiger partial charge in [-0.3, -0.25) is 4.79 Å². The second-order valence-corrected chi connectivity index (χ2v) is 41.3. The van der Waals surface area contributed by atoms with Crippen LogP contribution in [0.4, 0.5) is 0 Å². The van der Waals surface area contributed by atoms with Crippen LogP contribution in [0.3, 0.4) is 0 Å². The van der Waals surface area contributed by atoms with E-state index in [1.807, 2.05) is 165 Å². The predicted octanol–water partition coefficient (Wildman–Crippen LogP) is 9.07. The van der Waals surface area contributed by atoms with E-state index in [1.54, 1.807) is 114 Å². The number of carbonyl (C=O) groups is 10. The first-order valence-electron chi connectivity index (χ1n) is 49.9. The molecule has 0 aromatic carbocycles. The van der Waals surface area contributed by atoms with Gasteiger partial charge in [-0.15, -0.1) is 6.42 Å². The first kappa shape index (κ1) is 104. The molecule has 3 saturated heterocycles. The van der Waals surface area contributed by atoms with Gasteiger partial charge in [0.05, 0.1) is 25.4 Å². The van der Waals surface area contributed by atoms with Crippen molar-refractivity contribution in [2.45, 2.75) is 275 Å². The van der Waals surface area contributed by atoms with Crippen molar-refractivity contribution in [2.75, 3.05) is 21.3 Å². The molecule has 3 spiro atoms. The molecular weight excluding hydrogens is 1840 g/mol. The van der Waals surface area contributed by atoms with E-state index in [1.165, 1.54) is 28.3 Å². The number of methoxy groups -OCH3 is 3. The van der Waals surface area contributed by atoms with Gasteiger partial charge in [0, 0.05) is 162 Å². The van der Waals surface area contributed by atoms with Gasteiger partial charge in [-0.25, -0.2) is 52.3 Å². The number of aliphatic hydroxyl groups is 3. The lowest BCUT2D eigenvalue weighted by Crippen LogP contribution is -2.57.